The van der Waals surface area contributed by atoms with Crippen molar-refractivity contribution in [2.75, 3.05) is 11.5 Å². The molecule has 1 unspecified atom stereocenters. The lowest BCUT2D eigenvalue weighted by molar-refractivity contribution is 0.0970. The Labute approximate surface area is 222 Å². The molecular formula is C29H23N3O5S. The highest BCUT2D eigenvalue weighted by Crippen LogP contribution is 2.44. The highest BCUT2D eigenvalue weighted by atomic mass is 32.1. The van der Waals surface area contributed by atoms with Crippen molar-refractivity contribution >= 4 is 33.3 Å². The van der Waals surface area contributed by atoms with Crippen molar-refractivity contribution in [2.45, 2.75) is 26.5 Å². The number of rotatable bonds is 7. The van der Waals surface area contributed by atoms with Gasteiger partial charge in [-0.25, -0.2) is 0 Å². The lowest BCUT2D eigenvalue weighted by Gasteiger charge is -2.23. The third-order valence-corrected chi connectivity index (χ3v) is 7.16. The van der Waals surface area contributed by atoms with E-state index in [1.165, 1.54) is 16.2 Å². The molecule has 3 aromatic carbocycles. The first-order chi connectivity index (χ1) is 18.5. The number of amides is 1. The molecule has 0 fully saturated rings. The van der Waals surface area contributed by atoms with Gasteiger partial charge in [-0.15, -0.1) is 10.2 Å². The van der Waals surface area contributed by atoms with Crippen molar-refractivity contribution in [3.8, 4) is 11.5 Å². The summed E-state index contributed by atoms with van der Waals surface area (Å²) in [6, 6.07) is 21.5. The fraction of sp³-hybridized carbons (Fsp3) is 0.172. The normalized spacial score (nSPS) is 14.6. The summed E-state index contributed by atoms with van der Waals surface area (Å²) in [5.41, 5.74) is 2.06. The molecule has 38 heavy (non-hydrogen) atoms. The van der Waals surface area contributed by atoms with E-state index < -0.39 is 11.9 Å². The van der Waals surface area contributed by atoms with E-state index in [1.54, 1.807) is 30.3 Å². The van der Waals surface area contributed by atoms with Crippen molar-refractivity contribution in [1.29, 1.82) is 0 Å². The first-order valence-electron chi connectivity index (χ1n) is 12.2. The Morgan fingerprint density at radius 2 is 1.74 bits per heavy atom. The largest absolute Gasteiger partial charge is 0.490 e. The maximum atomic E-state index is 13.7. The zero-order valence-electron chi connectivity index (χ0n) is 20.7. The predicted octanol–water partition coefficient (Wildman–Crippen LogP) is 5.68. The van der Waals surface area contributed by atoms with Crippen LogP contribution in [0.2, 0.25) is 0 Å². The maximum Gasteiger partial charge on any atom is 0.297 e. The van der Waals surface area contributed by atoms with E-state index in [-0.39, 0.29) is 16.8 Å². The number of nitrogens with zero attached hydrogens (tertiary/aromatic N) is 3. The van der Waals surface area contributed by atoms with Gasteiger partial charge in [0.15, 0.2) is 16.9 Å². The SMILES string of the molecule is CCOc1cc(C2c3c(oc4ccccc4c3=O)C(=O)N2c2nnc(C)s2)ccc1OCc1ccccc1. The fourth-order valence-electron chi connectivity index (χ4n) is 4.63. The van der Waals surface area contributed by atoms with Gasteiger partial charge in [0.2, 0.25) is 10.9 Å². The lowest BCUT2D eigenvalue weighted by Crippen LogP contribution is -2.29. The molecule has 0 aliphatic carbocycles. The van der Waals surface area contributed by atoms with Crippen LogP contribution < -0.4 is 19.8 Å². The van der Waals surface area contributed by atoms with Crippen LogP contribution in [0, 0.1) is 6.92 Å². The van der Waals surface area contributed by atoms with Gasteiger partial charge in [0.25, 0.3) is 5.91 Å². The molecule has 0 bridgehead atoms. The van der Waals surface area contributed by atoms with Gasteiger partial charge in [-0.3, -0.25) is 14.5 Å². The third-order valence-electron chi connectivity index (χ3n) is 6.32. The molecule has 9 heteroatoms. The van der Waals surface area contributed by atoms with Gasteiger partial charge >= 0.3 is 0 Å². The standard InChI is InChI=1S/C29H23N3O5S/c1-3-35-23-15-19(13-14-22(23)36-16-18-9-5-4-6-10-18)25-24-26(33)20-11-7-8-12-21(20)37-27(24)28(34)32(25)29-31-30-17(2)38-29/h4-15,25H,3,16H2,1-2H3. The zero-order valence-corrected chi connectivity index (χ0v) is 21.5. The first-order valence-corrected chi connectivity index (χ1v) is 13.0. The van der Waals surface area contributed by atoms with E-state index in [9.17, 15) is 9.59 Å². The van der Waals surface area contributed by atoms with E-state index in [1.807, 2.05) is 56.3 Å². The van der Waals surface area contributed by atoms with Crippen LogP contribution in [-0.2, 0) is 6.61 Å². The molecule has 1 atom stereocenters. The molecule has 2 aromatic heterocycles. The third kappa shape index (κ3) is 4.10. The van der Waals surface area contributed by atoms with E-state index in [4.69, 9.17) is 13.9 Å². The van der Waals surface area contributed by atoms with Gasteiger partial charge in [-0.2, -0.15) is 0 Å². The molecule has 1 aliphatic heterocycles. The van der Waals surface area contributed by atoms with Crippen LogP contribution in [0.5, 0.6) is 11.5 Å². The first kappa shape index (κ1) is 23.9. The Balaban J connectivity index is 1.48. The smallest absolute Gasteiger partial charge is 0.297 e. The monoisotopic (exact) mass is 525 g/mol. The van der Waals surface area contributed by atoms with Gasteiger partial charge in [0.05, 0.1) is 23.6 Å². The molecule has 0 saturated heterocycles. The van der Waals surface area contributed by atoms with Gasteiger partial charge in [-0.1, -0.05) is 59.9 Å². The minimum absolute atomic E-state index is 0.00826. The van der Waals surface area contributed by atoms with E-state index in [0.717, 1.165) is 5.56 Å². The minimum Gasteiger partial charge on any atom is -0.490 e. The minimum atomic E-state index is -0.770. The Morgan fingerprint density at radius 3 is 2.50 bits per heavy atom. The summed E-state index contributed by atoms with van der Waals surface area (Å²) >= 11 is 1.27. The van der Waals surface area contributed by atoms with E-state index in [0.29, 0.717) is 51.4 Å². The van der Waals surface area contributed by atoms with E-state index >= 15 is 0 Å². The number of hydrogen-bond acceptors (Lipinski definition) is 8. The van der Waals surface area contributed by atoms with E-state index in [2.05, 4.69) is 10.2 Å². The quantitative estimate of drug-likeness (QED) is 0.270. The molecular weight excluding hydrogens is 502 g/mol. The van der Waals surface area contributed by atoms with Crippen LogP contribution in [-0.4, -0.2) is 22.7 Å². The van der Waals surface area contributed by atoms with Crippen LogP contribution in [0.15, 0.2) is 82.0 Å². The second-order valence-corrected chi connectivity index (χ2v) is 9.93. The molecule has 0 spiro atoms. The molecule has 3 heterocycles. The highest BCUT2D eigenvalue weighted by Gasteiger charge is 2.45. The second-order valence-electron chi connectivity index (χ2n) is 8.76. The average molecular weight is 526 g/mol. The summed E-state index contributed by atoms with van der Waals surface area (Å²) in [5.74, 6) is 0.647. The summed E-state index contributed by atoms with van der Waals surface area (Å²) in [5, 5.41) is 9.81. The molecule has 190 valence electrons. The number of para-hydroxylation sites is 1. The number of hydrogen-bond donors (Lipinski definition) is 0. The van der Waals surface area contributed by atoms with Crippen LogP contribution in [0.4, 0.5) is 5.13 Å². The van der Waals surface area contributed by atoms with Crippen LogP contribution in [0.25, 0.3) is 11.0 Å². The topological polar surface area (TPSA) is 94.8 Å². The van der Waals surface area contributed by atoms with Crippen molar-refractivity contribution in [3.63, 3.8) is 0 Å². The Kier molecular flexibility index (Phi) is 6.13. The number of aromatic nitrogens is 2. The Hall–Kier alpha value is -4.50. The molecule has 1 aliphatic rings. The lowest BCUT2D eigenvalue weighted by atomic mass is 9.98. The summed E-state index contributed by atoms with van der Waals surface area (Å²) < 4.78 is 18.0. The molecule has 0 radical (unpaired) electrons. The van der Waals surface area contributed by atoms with Crippen molar-refractivity contribution in [3.05, 3.63) is 110 Å². The van der Waals surface area contributed by atoms with Crippen LogP contribution in [0.3, 0.4) is 0 Å². The van der Waals surface area contributed by atoms with Gasteiger partial charge in [0.1, 0.15) is 17.2 Å². The maximum absolute atomic E-state index is 13.7. The molecule has 6 rings (SSSR count). The fourth-order valence-corrected chi connectivity index (χ4v) is 5.35. The molecule has 1 amide bonds. The zero-order chi connectivity index (χ0) is 26.2. The van der Waals surface area contributed by atoms with Gasteiger partial charge < -0.3 is 13.9 Å². The van der Waals surface area contributed by atoms with Crippen LogP contribution in [0.1, 0.15) is 45.2 Å². The Bertz CT molecular complexity index is 1710. The number of ether oxygens (including phenoxy) is 2. The summed E-state index contributed by atoms with van der Waals surface area (Å²) in [4.78, 5) is 28.9. The molecule has 5 aromatic rings. The second kappa shape index (κ2) is 9.75. The van der Waals surface area contributed by atoms with Gasteiger partial charge in [0, 0.05) is 0 Å². The van der Waals surface area contributed by atoms with Gasteiger partial charge in [-0.05, 0) is 49.2 Å². The average Bonchev–Trinajstić information content (AvgIpc) is 3.49. The molecule has 0 saturated carbocycles. The molecule has 8 nitrogen and oxygen atoms in total. The number of carbonyl (C=O) groups excluding carboxylic acids is 1. The van der Waals surface area contributed by atoms with Crippen molar-refractivity contribution < 1.29 is 18.7 Å². The predicted molar refractivity (Wildman–Crippen MR) is 144 cm³/mol. The summed E-state index contributed by atoms with van der Waals surface area (Å²) in [6.45, 7) is 4.49. The number of fused-ring (bicyclic) bond motifs is 2. The van der Waals surface area contributed by atoms with Crippen molar-refractivity contribution in [2.24, 2.45) is 0 Å². The summed E-state index contributed by atoms with van der Waals surface area (Å²) in [7, 11) is 0. The number of aryl methyl sites for hydroxylation is 1. The Morgan fingerprint density at radius 1 is 0.947 bits per heavy atom. The number of anilines is 1. The number of benzene rings is 3. The highest BCUT2D eigenvalue weighted by molar-refractivity contribution is 7.15. The summed E-state index contributed by atoms with van der Waals surface area (Å²) in [6.07, 6.45) is 0. The molecule has 0 N–H and O–H groups in total. The van der Waals surface area contributed by atoms with Crippen LogP contribution >= 0.6 is 11.3 Å². The number of carbonyl (C=O) groups is 1. The van der Waals surface area contributed by atoms with Crippen molar-refractivity contribution in [1.82, 2.24) is 10.2 Å².